The van der Waals surface area contributed by atoms with E-state index in [-0.39, 0.29) is 30.0 Å². The lowest BCUT2D eigenvalue weighted by atomic mass is 10.1. The minimum atomic E-state index is -3.14. The molecule has 1 fully saturated rings. The zero-order chi connectivity index (χ0) is 21.6. The van der Waals surface area contributed by atoms with Crippen molar-refractivity contribution in [1.82, 2.24) is 20.0 Å². The first-order valence-electron chi connectivity index (χ1n) is 9.91. The highest BCUT2D eigenvalue weighted by Gasteiger charge is 2.33. The fourth-order valence-electron chi connectivity index (χ4n) is 3.35. The van der Waals surface area contributed by atoms with Crippen molar-refractivity contribution in [1.29, 1.82) is 0 Å². The Kier molecular flexibility index (Phi) is 7.33. The van der Waals surface area contributed by atoms with Crippen LogP contribution < -0.4 is 14.8 Å². The monoisotopic (exact) mass is 436 g/mol. The number of amides is 1. The number of ether oxygens (including phenoxy) is 2. The van der Waals surface area contributed by atoms with Gasteiger partial charge in [-0.05, 0) is 31.2 Å². The molecule has 1 atom stereocenters. The van der Waals surface area contributed by atoms with Crippen LogP contribution in [0.5, 0.6) is 11.5 Å². The highest BCUT2D eigenvalue weighted by Crippen LogP contribution is 2.26. The summed E-state index contributed by atoms with van der Waals surface area (Å²) in [6.07, 6.45) is 3.45. The van der Waals surface area contributed by atoms with Crippen LogP contribution in [0.2, 0.25) is 0 Å². The van der Waals surface area contributed by atoms with Crippen molar-refractivity contribution in [3.63, 3.8) is 0 Å². The number of aryl methyl sites for hydroxylation is 1. The predicted molar refractivity (Wildman–Crippen MR) is 112 cm³/mol. The van der Waals surface area contributed by atoms with Crippen LogP contribution in [-0.4, -0.2) is 73.4 Å². The van der Waals surface area contributed by atoms with Gasteiger partial charge in [0.1, 0.15) is 18.1 Å². The average molecular weight is 437 g/mol. The van der Waals surface area contributed by atoms with E-state index in [4.69, 9.17) is 9.47 Å². The first kappa shape index (κ1) is 22.1. The number of benzene rings is 1. The summed E-state index contributed by atoms with van der Waals surface area (Å²) in [5.41, 5.74) is 0.799. The van der Waals surface area contributed by atoms with Gasteiger partial charge < -0.3 is 14.8 Å². The number of aromatic nitrogens is 2. The maximum absolute atomic E-state index is 12.4. The van der Waals surface area contributed by atoms with E-state index in [0.717, 1.165) is 11.3 Å². The Bertz CT molecular complexity index is 942. The van der Waals surface area contributed by atoms with Gasteiger partial charge in [0.25, 0.3) is 0 Å². The van der Waals surface area contributed by atoms with Crippen LogP contribution >= 0.6 is 0 Å². The molecule has 2 aromatic rings. The van der Waals surface area contributed by atoms with Gasteiger partial charge in [0, 0.05) is 25.4 Å². The molecule has 0 radical (unpaired) electrons. The molecular formula is C20H28N4O5S. The molecule has 1 saturated heterocycles. The Balaban J connectivity index is 1.47. The second kappa shape index (κ2) is 9.94. The quantitative estimate of drug-likeness (QED) is 0.580. The average Bonchev–Trinajstić information content (AvgIpc) is 3.14. The number of nitrogens with one attached hydrogen (secondary N) is 1. The number of rotatable bonds is 9. The number of carbonyl (C=O) groups excluding carboxylic acids is 1. The summed E-state index contributed by atoms with van der Waals surface area (Å²) in [5.74, 6) is 1.36. The van der Waals surface area contributed by atoms with Crippen molar-refractivity contribution in [2.45, 2.75) is 13.0 Å². The van der Waals surface area contributed by atoms with Crippen molar-refractivity contribution >= 4 is 15.7 Å². The first-order chi connectivity index (χ1) is 14.4. The molecule has 2 heterocycles. The molecular weight excluding hydrogens is 408 g/mol. The first-order valence-corrected chi connectivity index (χ1v) is 11.7. The van der Waals surface area contributed by atoms with Crippen LogP contribution in [-0.2, 0) is 21.7 Å². The van der Waals surface area contributed by atoms with Crippen LogP contribution in [0.3, 0.4) is 0 Å². The highest BCUT2D eigenvalue weighted by molar-refractivity contribution is 7.91. The van der Waals surface area contributed by atoms with Crippen LogP contribution in [0, 0.1) is 0 Å². The second-order valence-electron chi connectivity index (χ2n) is 7.15. The fraction of sp³-hybridized carbons (Fsp3) is 0.500. The summed E-state index contributed by atoms with van der Waals surface area (Å²) in [6.45, 7) is 3.66. The van der Waals surface area contributed by atoms with E-state index in [1.54, 1.807) is 24.1 Å². The van der Waals surface area contributed by atoms with Crippen molar-refractivity contribution in [2.24, 2.45) is 7.05 Å². The minimum Gasteiger partial charge on any atom is -0.494 e. The molecule has 1 amide bonds. The molecule has 30 heavy (non-hydrogen) atoms. The van der Waals surface area contributed by atoms with Gasteiger partial charge >= 0.3 is 0 Å². The Labute approximate surface area is 176 Å². The van der Waals surface area contributed by atoms with Gasteiger partial charge in [-0.3, -0.25) is 14.4 Å². The molecule has 1 aromatic heterocycles. The maximum atomic E-state index is 12.4. The molecule has 0 bridgehead atoms. The molecule has 10 heteroatoms. The summed E-state index contributed by atoms with van der Waals surface area (Å²) in [6, 6.07) is 6.93. The Morgan fingerprint density at radius 3 is 2.57 bits per heavy atom. The standard InChI is InChI=1S/C20H28N4O5S/c1-3-28-17-4-6-18(7-5-17)29-10-8-21-20(25)14-24-9-11-30(26,27)15-19(24)16-12-22-23(2)13-16/h4-7,12-13,19H,3,8-11,14-15H2,1-2H3,(H,21,25)/t19-/m0/s1. The smallest absolute Gasteiger partial charge is 0.234 e. The van der Waals surface area contributed by atoms with Crippen LogP contribution in [0.15, 0.2) is 36.7 Å². The van der Waals surface area contributed by atoms with Gasteiger partial charge in [0.15, 0.2) is 9.84 Å². The third kappa shape index (κ3) is 6.20. The molecule has 0 unspecified atom stereocenters. The van der Waals surface area contributed by atoms with E-state index >= 15 is 0 Å². The van der Waals surface area contributed by atoms with E-state index in [0.29, 0.717) is 32.1 Å². The summed E-state index contributed by atoms with van der Waals surface area (Å²) in [7, 11) is -1.36. The second-order valence-corrected chi connectivity index (χ2v) is 9.38. The summed E-state index contributed by atoms with van der Waals surface area (Å²) < 4.78 is 36.8. The largest absolute Gasteiger partial charge is 0.494 e. The van der Waals surface area contributed by atoms with E-state index < -0.39 is 9.84 Å². The molecule has 9 nitrogen and oxygen atoms in total. The number of hydrogen-bond donors (Lipinski definition) is 1. The van der Waals surface area contributed by atoms with Crippen molar-refractivity contribution in [3.8, 4) is 11.5 Å². The highest BCUT2D eigenvalue weighted by atomic mass is 32.2. The van der Waals surface area contributed by atoms with Crippen molar-refractivity contribution < 1.29 is 22.7 Å². The molecule has 0 saturated carbocycles. The molecule has 1 N–H and O–H groups in total. The van der Waals surface area contributed by atoms with Gasteiger partial charge in [-0.1, -0.05) is 0 Å². The van der Waals surface area contributed by atoms with Crippen molar-refractivity contribution in [3.05, 3.63) is 42.2 Å². The molecule has 164 valence electrons. The lowest BCUT2D eigenvalue weighted by molar-refractivity contribution is -0.122. The number of hydrogen-bond acceptors (Lipinski definition) is 7. The minimum absolute atomic E-state index is 0.00712. The lowest BCUT2D eigenvalue weighted by Crippen LogP contribution is -2.47. The van der Waals surface area contributed by atoms with Crippen LogP contribution in [0.1, 0.15) is 18.5 Å². The molecule has 1 aromatic carbocycles. The SMILES string of the molecule is CCOc1ccc(OCCNC(=O)CN2CCS(=O)(=O)C[C@H]2c2cnn(C)c2)cc1. The number of sulfone groups is 1. The Morgan fingerprint density at radius 2 is 1.93 bits per heavy atom. The zero-order valence-corrected chi connectivity index (χ0v) is 18.1. The van der Waals surface area contributed by atoms with Gasteiger partial charge in [-0.15, -0.1) is 0 Å². The van der Waals surface area contributed by atoms with Crippen LogP contribution in [0.4, 0.5) is 0 Å². The summed E-state index contributed by atoms with van der Waals surface area (Å²) >= 11 is 0. The predicted octanol–water partition coefficient (Wildman–Crippen LogP) is 0.786. The normalized spacial score (nSPS) is 18.7. The fourth-order valence-corrected chi connectivity index (χ4v) is 4.91. The third-order valence-electron chi connectivity index (χ3n) is 4.83. The summed E-state index contributed by atoms with van der Waals surface area (Å²) in [5, 5.41) is 6.96. The van der Waals surface area contributed by atoms with Gasteiger partial charge in [0.05, 0.1) is 43.4 Å². The van der Waals surface area contributed by atoms with E-state index in [2.05, 4.69) is 10.4 Å². The van der Waals surface area contributed by atoms with Gasteiger partial charge in [0.2, 0.25) is 5.91 Å². The van der Waals surface area contributed by atoms with Gasteiger partial charge in [-0.25, -0.2) is 8.42 Å². The zero-order valence-electron chi connectivity index (χ0n) is 17.3. The number of nitrogens with zero attached hydrogens (tertiary/aromatic N) is 3. The topological polar surface area (TPSA) is 103 Å². The lowest BCUT2D eigenvalue weighted by Gasteiger charge is -2.34. The molecule has 0 spiro atoms. The third-order valence-corrected chi connectivity index (χ3v) is 6.45. The van der Waals surface area contributed by atoms with Crippen molar-refractivity contribution in [2.75, 3.05) is 44.4 Å². The van der Waals surface area contributed by atoms with Gasteiger partial charge in [-0.2, -0.15) is 5.10 Å². The molecule has 0 aliphatic carbocycles. The molecule has 1 aliphatic rings. The van der Waals surface area contributed by atoms with E-state index in [9.17, 15) is 13.2 Å². The van der Waals surface area contributed by atoms with E-state index in [1.807, 2.05) is 36.1 Å². The van der Waals surface area contributed by atoms with E-state index in [1.165, 1.54) is 0 Å². The number of carbonyl (C=O) groups is 1. The molecule has 1 aliphatic heterocycles. The Hall–Kier alpha value is -2.59. The molecule has 3 rings (SSSR count). The Morgan fingerprint density at radius 1 is 1.23 bits per heavy atom. The maximum Gasteiger partial charge on any atom is 0.234 e. The summed E-state index contributed by atoms with van der Waals surface area (Å²) in [4.78, 5) is 14.3. The van der Waals surface area contributed by atoms with Crippen LogP contribution in [0.25, 0.3) is 0 Å².